The molecule has 0 unspecified atom stereocenters. The number of hydrogen-bond acceptors (Lipinski definition) is 6. The Morgan fingerprint density at radius 3 is 2.46 bits per heavy atom. The minimum Gasteiger partial charge on any atom is -0.462 e. The SMILES string of the molecule is C=C(C)C(=O)OCC(C)(C)CSc1ccc2cc(-c3ccc(CCCCC)cc3OC(F)(F)F)c(=O)oc2c1. The Morgan fingerprint density at radius 2 is 1.79 bits per heavy atom. The minimum absolute atomic E-state index is 0.0114. The number of rotatable bonds is 12. The zero-order valence-electron chi connectivity index (χ0n) is 22.6. The van der Waals surface area contributed by atoms with Crippen LogP contribution in [0.15, 0.2) is 68.7 Å². The number of fused-ring (bicyclic) bond motifs is 1. The van der Waals surface area contributed by atoms with Gasteiger partial charge in [0.15, 0.2) is 0 Å². The van der Waals surface area contributed by atoms with Gasteiger partial charge in [0.05, 0.1) is 12.2 Å². The van der Waals surface area contributed by atoms with Crippen molar-refractivity contribution in [2.45, 2.75) is 64.6 Å². The first-order chi connectivity index (χ1) is 18.3. The molecule has 3 rings (SSSR count). The van der Waals surface area contributed by atoms with Crippen molar-refractivity contribution in [3.63, 3.8) is 0 Å². The van der Waals surface area contributed by atoms with E-state index in [-0.39, 0.29) is 23.1 Å². The molecular weight excluding hydrogens is 529 g/mol. The number of carbonyl (C=O) groups excluding carboxylic acids is 1. The van der Waals surface area contributed by atoms with Crippen LogP contribution < -0.4 is 10.4 Å². The number of thioether (sulfide) groups is 1. The summed E-state index contributed by atoms with van der Waals surface area (Å²) in [7, 11) is 0. The van der Waals surface area contributed by atoms with Gasteiger partial charge in [-0.05, 0) is 49.6 Å². The highest BCUT2D eigenvalue weighted by molar-refractivity contribution is 7.99. The van der Waals surface area contributed by atoms with Gasteiger partial charge in [-0.25, -0.2) is 9.59 Å². The molecule has 0 aliphatic heterocycles. The summed E-state index contributed by atoms with van der Waals surface area (Å²) < 4.78 is 54.7. The van der Waals surface area contributed by atoms with Gasteiger partial charge in [-0.1, -0.05) is 58.4 Å². The van der Waals surface area contributed by atoms with E-state index in [4.69, 9.17) is 9.15 Å². The number of alkyl halides is 3. The van der Waals surface area contributed by atoms with E-state index in [2.05, 4.69) is 11.3 Å². The van der Waals surface area contributed by atoms with Crippen LogP contribution in [-0.4, -0.2) is 24.7 Å². The molecule has 0 fully saturated rings. The fourth-order valence-electron chi connectivity index (χ4n) is 3.81. The highest BCUT2D eigenvalue weighted by Gasteiger charge is 2.33. The molecule has 9 heteroatoms. The summed E-state index contributed by atoms with van der Waals surface area (Å²) in [5, 5.41) is 0.563. The first kappa shape index (κ1) is 30.3. The van der Waals surface area contributed by atoms with E-state index in [0.717, 1.165) is 24.2 Å². The van der Waals surface area contributed by atoms with Gasteiger partial charge in [0.1, 0.15) is 11.3 Å². The van der Waals surface area contributed by atoms with Gasteiger partial charge in [-0.3, -0.25) is 0 Å². The Labute approximate surface area is 230 Å². The van der Waals surface area contributed by atoms with Crippen molar-refractivity contribution in [3.8, 4) is 16.9 Å². The van der Waals surface area contributed by atoms with E-state index >= 15 is 0 Å². The number of benzene rings is 2. The molecule has 0 atom stereocenters. The number of halogens is 3. The summed E-state index contributed by atoms with van der Waals surface area (Å²) in [5.74, 6) is -0.247. The smallest absolute Gasteiger partial charge is 0.462 e. The van der Waals surface area contributed by atoms with E-state index in [1.807, 2.05) is 26.8 Å². The van der Waals surface area contributed by atoms with Crippen LogP contribution in [0.5, 0.6) is 5.75 Å². The lowest BCUT2D eigenvalue weighted by Gasteiger charge is -2.23. The topological polar surface area (TPSA) is 65.7 Å². The Bertz CT molecular complexity index is 1390. The minimum atomic E-state index is -4.91. The second kappa shape index (κ2) is 12.8. The Hall–Kier alpha value is -3.20. The number of unbranched alkanes of at least 4 members (excludes halogenated alkanes) is 2. The van der Waals surface area contributed by atoms with Crippen molar-refractivity contribution in [1.82, 2.24) is 0 Å². The van der Waals surface area contributed by atoms with Crippen molar-refractivity contribution < 1.29 is 31.9 Å². The van der Waals surface area contributed by atoms with E-state index in [1.54, 1.807) is 25.1 Å². The Balaban J connectivity index is 1.85. The summed E-state index contributed by atoms with van der Waals surface area (Å²) in [6.45, 7) is 11.4. The second-order valence-electron chi connectivity index (χ2n) is 10.3. The summed E-state index contributed by atoms with van der Waals surface area (Å²) in [4.78, 5) is 25.4. The van der Waals surface area contributed by atoms with Gasteiger partial charge in [0.2, 0.25) is 0 Å². The maximum atomic E-state index is 13.2. The third-order valence-corrected chi connectivity index (χ3v) is 7.42. The zero-order valence-corrected chi connectivity index (χ0v) is 23.4. The normalized spacial score (nSPS) is 12.0. The molecule has 2 aromatic carbocycles. The predicted molar refractivity (Wildman–Crippen MR) is 148 cm³/mol. The van der Waals surface area contributed by atoms with Gasteiger partial charge >= 0.3 is 18.0 Å². The van der Waals surface area contributed by atoms with Gasteiger partial charge in [-0.2, -0.15) is 0 Å². The number of carbonyl (C=O) groups is 1. The predicted octanol–water partition coefficient (Wildman–Crippen LogP) is 8.33. The van der Waals surface area contributed by atoms with Crippen LogP contribution >= 0.6 is 11.8 Å². The fourth-order valence-corrected chi connectivity index (χ4v) is 4.80. The molecule has 5 nitrogen and oxygen atoms in total. The first-order valence-electron chi connectivity index (χ1n) is 12.7. The molecular formula is C30H33F3O5S. The van der Waals surface area contributed by atoms with Crippen LogP contribution in [-0.2, 0) is 16.0 Å². The average Bonchev–Trinajstić information content (AvgIpc) is 2.85. The quantitative estimate of drug-likeness (QED) is 0.0727. The molecule has 0 N–H and O–H groups in total. The molecule has 0 saturated heterocycles. The van der Waals surface area contributed by atoms with Crippen LogP contribution in [0.1, 0.15) is 52.5 Å². The average molecular weight is 563 g/mol. The third-order valence-electron chi connectivity index (χ3n) is 5.91. The number of esters is 1. The van der Waals surface area contributed by atoms with Crippen LogP contribution in [0.2, 0.25) is 0 Å². The highest BCUT2D eigenvalue weighted by atomic mass is 32.2. The van der Waals surface area contributed by atoms with E-state index < -0.39 is 23.7 Å². The molecule has 0 aliphatic carbocycles. The summed E-state index contributed by atoms with van der Waals surface area (Å²) in [6.07, 6.45) is -1.49. The molecule has 1 heterocycles. The third kappa shape index (κ3) is 8.92. The second-order valence-corrected chi connectivity index (χ2v) is 11.3. The van der Waals surface area contributed by atoms with Crippen molar-refractivity contribution in [1.29, 1.82) is 0 Å². The zero-order chi connectivity index (χ0) is 28.8. The first-order valence-corrected chi connectivity index (χ1v) is 13.7. The van der Waals surface area contributed by atoms with Crippen molar-refractivity contribution in [2.75, 3.05) is 12.4 Å². The van der Waals surface area contributed by atoms with Crippen molar-refractivity contribution >= 4 is 28.7 Å². The molecule has 39 heavy (non-hydrogen) atoms. The molecule has 210 valence electrons. The van der Waals surface area contributed by atoms with Crippen LogP contribution in [0.3, 0.4) is 0 Å². The van der Waals surface area contributed by atoms with Gasteiger partial charge in [0.25, 0.3) is 0 Å². The molecule has 0 bridgehead atoms. The Kier molecular flexibility index (Phi) is 9.93. The lowest BCUT2D eigenvalue weighted by Crippen LogP contribution is -2.24. The molecule has 0 amide bonds. The molecule has 0 spiro atoms. The molecule has 0 radical (unpaired) electrons. The Morgan fingerprint density at radius 1 is 1.05 bits per heavy atom. The number of aryl methyl sites for hydroxylation is 1. The fraction of sp³-hybridized carbons (Fsp3) is 0.400. The van der Waals surface area contributed by atoms with Gasteiger partial charge in [0, 0.05) is 32.6 Å². The van der Waals surface area contributed by atoms with E-state index in [1.165, 1.54) is 30.0 Å². The number of ether oxygens (including phenoxy) is 2. The summed E-state index contributed by atoms with van der Waals surface area (Å²) in [5.41, 5.74) is 0.275. The largest absolute Gasteiger partial charge is 0.573 e. The highest BCUT2D eigenvalue weighted by Crippen LogP contribution is 2.36. The summed E-state index contributed by atoms with van der Waals surface area (Å²) in [6, 6.07) is 11.4. The van der Waals surface area contributed by atoms with Gasteiger partial charge < -0.3 is 13.9 Å². The molecule has 0 saturated carbocycles. The molecule has 0 aliphatic rings. The maximum Gasteiger partial charge on any atom is 0.573 e. The van der Waals surface area contributed by atoms with Crippen molar-refractivity contribution in [2.24, 2.45) is 5.41 Å². The molecule has 1 aromatic heterocycles. The standard InChI is InChI=1S/C30H33F3O5S/c1-6-7-8-9-20-10-13-23(26(14-20)38-30(31,32)33)24-15-21-11-12-22(16-25(21)37-28(24)35)39-18-29(4,5)17-36-27(34)19(2)3/h10-16H,2,6-9,17-18H2,1,3-5H3. The van der Waals surface area contributed by atoms with Crippen LogP contribution in [0.4, 0.5) is 13.2 Å². The lowest BCUT2D eigenvalue weighted by molar-refractivity contribution is -0.274. The van der Waals surface area contributed by atoms with Gasteiger partial charge in [-0.15, -0.1) is 24.9 Å². The van der Waals surface area contributed by atoms with E-state index in [9.17, 15) is 22.8 Å². The maximum absolute atomic E-state index is 13.2. The lowest BCUT2D eigenvalue weighted by atomic mass is 9.98. The molecule has 3 aromatic rings. The monoisotopic (exact) mass is 562 g/mol. The van der Waals surface area contributed by atoms with Crippen LogP contribution in [0.25, 0.3) is 22.1 Å². The van der Waals surface area contributed by atoms with Crippen LogP contribution in [0, 0.1) is 5.41 Å². The summed E-state index contributed by atoms with van der Waals surface area (Å²) >= 11 is 1.51. The number of hydrogen-bond donors (Lipinski definition) is 0. The van der Waals surface area contributed by atoms with E-state index in [0.29, 0.717) is 34.3 Å². The van der Waals surface area contributed by atoms with Crippen molar-refractivity contribution in [3.05, 3.63) is 70.6 Å².